The lowest BCUT2D eigenvalue weighted by molar-refractivity contribution is -0.0235. The SMILES string of the molecule is CN1CCC(O)(c2csc(CN3CCC(O)C3)n2)CC1. The summed E-state index contributed by atoms with van der Waals surface area (Å²) in [5.41, 5.74) is 0.0940. The van der Waals surface area contributed by atoms with E-state index in [4.69, 9.17) is 0 Å². The van der Waals surface area contributed by atoms with Crippen LogP contribution >= 0.6 is 11.3 Å². The number of hydrogen-bond acceptors (Lipinski definition) is 6. The number of hydrogen-bond donors (Lipinski definition) is 2. The molecule has 2 aliphatic rings. The van der Waals surface area contributed by atoms with Crippen molar-refractivity contribution >= 4 is 11.3 Å². The molecule has 1 atom stereocenters. The molecule has 3 heterocycles. The van der Waals surface area contributed by atoms with E-state index in [0.29, 0.717) is 0 Å². The molecule has 20 heavy (non-hydrogen) atoms. The molecule has 1 aromatic heterocycles. The van der Waals surface area contributed by atoms with E-state index in [0.717, 1.165) is 62.7 Å². The first-order valence-corrected chi connectivity index (χ1v) is 8.19. The number of aliphatic hydroxyl groups is 2. The minimum absolute atomic E-state index is 0.188. The Morgan fingerprint density at radius 1 is 1.40 bits per heavy atom. The topological polar surface area (TPSA) is 59.8 Å². The van der Waals surface area contributed by atoms with Crippen molar-refractivity contribution < 1.29 is 10.2 Å². The molecule has 112 valence electrons. The van der Waals surface area contributed by atoms with E-state index < -0.39 is 5.60 Å². The van der Waals surface area contributed by atoms with Gasteiger partial charge in [-0.25, -0.2) is 4.98 Å². The van der Waals surface area contributed by atoms with Crippen molar-refractivity contribution in [3.8, 4) is 0 Å². The van der Waals surface area contributed by atoms with Crippen LogP contribution in [0.15, 0.2) is 5.38 Å². The first-order valence-electron chi connectivity index (χ1n) is 7.31. The monoisotopic (exact) mass is 297 g/mol. The Kier molecular flexibility index (Phi) is 4.10. The molecule has 0 saturated carbocycles. The zero-order chi connectivity index (χ0) is 14.2. The molecule has 1 unspecified atom stereocenters. The van der Waals surface area contributed by atoms with Gasteiger partial charge in [0.2, 0.25) is 0 Å². The Hall–Kier alpha value is -0.530. The van der Waals surface area contributed by atoms with Gasteiger partial charge in [0.25, 0.3) is 0 Å². The number of thiazole rings is 1. The van der Waals surface area contributed by atoms with Crippen molar-refractivity contribution in [1.29, 1.82) is 0 Å². The maximum atomic E-state index is 10.7. The van der Waals surface area contributed by atoms with Crippen LogP contribution in [0.4, 0.5) is 0 Å². The van der Waals surface area contributed by atoms with Crippen molar-refractivity contribution in [2.75, 3.05) is 33.2 Å². The van der Waals surface area contributed by atoms with E-state index in [1.165, 1.54) is 0 Å². The van der Waals surface area contributed by atoms with Gasteiger partial charge in [0.15, 0.2) is 0 Å². The largest absolute Gasteiger partial charge is 0.392 e. The summed E-state index contributed by atoms with van der Waals surface area (Å²) in [5.74, 6) is 0. The van der Waals surface area contributed by atoms with Gasteiger partial charge in [0, 0.05) is 31.6 Å². The number of aliphatic hydroxyl groups excluding tert-OH is 1. The van der Waals surface area contributed by atoms with Crippen LogP contribution in [0.25, 0.3) is 0 Å². The summed E-state index contributed by atoms with van der Waals surface area (Å²) >= 11 is 1.62. The highest BCUT2D eigenvalue weighted by molar-refractivity contribution is 7.09. The second kappa shape index (κ2) is 5.69. The van der Waals surface area contributed by atoms with Gasteiger partial charge in [-0.15, -0.1) is 11.3 Å². The second-order valence-electron chi connectivity index (χ2n) is 6.14. The molecule has 2 saturated heterocycles. The van der Waals surface area contributed by atoms with Crippen LogP contribution in [-0.4, -0.2) is 64.3 Å². The lowest BCUT2D eigenvalue weighted by Crippen LogP contribution is -2.41. The van der Waals surface area contributed by atoms with Gasteiger partial charge in [-0.05, 0) is 26.3 Å². The Morgan fingerprint density at radius 3 is 2.80 bits per heavy atom. The Bertz CT molecular complexity index is 457. The highest BCUT2D eigenvalue weighted by atomic mass is 32.1. The number of β-amino-alcohol motifs (C(OH)–C–C–N with tert-alkyl or cyclic N) is 1. The molecule has 2 aliphatic heterocycles. The standard InChI is InChI=1S/C14H23N3O2S/c1-16-6-3-14(19,4-7-16)12-10-20-13(15-12)9-17-5-2-11(18)8-17/h10-11,18-19H,2-9H2,1H3. The summed E-state index contributed by atoms with van der Waals surface area (Å²) in [6, 6.07) is 0. The first-order chi connectivity index (χ1) is 9.55. The quantitative estimate of drug-likeness (QED) is 0.857. The summed E-state index contributed by atoms with van der Waals surface area (Å²) in [7, 11) is 2.09. The molecule has 6 heteroatoms. The molecule has 0 amide bonds. The van der Waals surface area contributed by atoms with Gasteiger partial charge in [-0.3, -0.25) is 4.90 Å². The number of piperidine rings is 1. The average Bonchev–Trinajstić information content (AvgIpc) is 3.04. The van der Waals surface area contributed by atoms with Crippen molar-refractivity contribution in [3.05, 3.63) is 16.1 Å². The summed E-state index contributed by atoms with van der Waals surface area (Å²) in [6.07, 6.45) is 2.19. The lowest BCUT2D eigenvalue weighted by Gasteiger charge is -2.35. The molecule has 2 N–H and O–H groups in total. The van der Waals surface area contributed by atoms with E-state index in [-0.39, 0.29) is 6.10 Å². The first kappa shape index (κ1) is 14.4. The molecule has 5 nitrogen and oxygen atoms in total. The minimum Gasteiger partial charge on any atom is -0.392 e. The molecular weight excluding hydrogens is 274 g/mol. The van der Waals surface area contributed by atoms with Gasteiger partial charge in [-0.2, -0.15) is 0 Å². The van der Waals surface area contributed by atoms with Crippen LogP contribution in [0.5, 0.6) is 0 Å². The van der Waals surface area contributed by atoms with Crippen LogP contribution < -0.4 is 0 Å². The maximum absolute atomic E-state index is 10.7. The summed E-state index contributed by atoms with van der Waals surface area (Å²) in [5, 5.41) is 23.3. The van der Waals surface area contributed by atoms with Crippen LogP contribution in [0.1, 0.15) is 30.0 Å². The van der Waals surface area contributed by atoms with Crippen LogP contribution in [-0.2, 0) is 12.1 Å². The predicted octanol–water partition coefficient (Wildman–Crippen LogP) is 0.623. The van der Waals surface area contributed by atoms with Gasteiger partial charge in [0.05, 0.1) is 18.3 Å². The minimum atomic E-state index is -0.744. The van der Waals surface area contributed by atoms with Gasteiger partial charge in [0.1, 0.15) is 10.6 Å². The number of likely N-dealkylation sites (tertiary alicyclic amines) is 2. The van der Waals surface area contributed by atoms with Crippen molar-refractivity contribution in [1.82, 2.24) is 14.8 Å². The van der Waals surface area contributed by atoms with E-state index in [9.17, 15) is 10.2 Å². The molecule has 1 aromatic rings. The second-order valence-corrected chi connectivity index (χ2v) is 7.08. The molecule has 0 radical (unpaired) electrons. The zero-order valence-corrected chi connectivity index (χ0v) is 12.8. The molecule has 0 aromatic carbocycles. The van der Waals surface area contributed by atoms with E-state index in [1.807, 2.05) is 5.38 Å². The maximum Gasteiger partial charge on any atom is 0.110 e. The lowest BCUT2D eigenvalue weighted by atomic mass is 9.89. The third-order valence-corrected chi connectivity index (χ3v) is 5.28. The van der Waals surface area contributed by atoms with Crippen molar-refractivity contribution in [2.45, 2.75) is 37.5 Å². The molecule has 0 spiro atoms. The average molecular weight is 297 g/mol. The molecular formula is C14H23N3O2S. The third-order valence-electron chi connectivity index (χ3n) is 4.45. The Morgan fingerprint density at radius 2 is 2.15 bits per heavy atom. The highest BCUT2D eigenvalue weighted by Gasteiger charge is 2.35. The summed E-state index contributed by atoms with van der Waals surface area (Å²) < 4.78 is 0. The highest BCUT2D eigenvalue weighted by Crippen LogP contribution is 2.33. The third kappa shape index (κ3) is 3.04. The van der Waals surface area contributed by atoms with Crippen molar-refractivity contribution in [3.63, 3.8) is 0 Å². The molecule has 2 fully saturated rings. The Labute approximate surface area is 123 Å². The van der Waals surface area contributed by atoms with Crippen LogP contribution in [0, 0.1) is 0 Å². The van der Waals surface area contributed by atoms with Crippen LogP contribution in [0.2, 0.25) is 0 Å². The van der Waals surface area contributed by atoms with Gasteiger partial charge in [-0.1, -0.05) is 0 Å². The van der Waals surface area contributed by atoms with Gasteiger partial charge < -0.3 is 15.1 Å². The smallest absolute Gasteiger partial charge is 0.110 e. The summed E-state index contributed by atoms with van der Waals surface area (Å²) in [4.78, 5) is 9.12. The molecule has 0 bridgehead atoms. The van der Waals surface area contributed by atoms with E-state index >= 15 is 0 Å². The predicted molar refractivity (Wildman–Crippen MR) is 78.6 cm³/mol. The molecule has 3 rings (SSSR count). The number of nitrogens with zero attached hydrogens (tertiary/aromatic N) is 3. The Balaban J connectivity index is 1.64. The molecule has 0 aliphatic carbocycles. The number of rotatable bonds is 3. The fourth-order valence-electron chi connectivity index (χ4n) is 2.99. The fourth-order valence-corrected chi connectivity index (χ4v) is 3.92. The normalized spacial score (nSPS) is 28.1. The van der Waals surface area contributed by atoms with E-state index in [2.05, 4.69) is 21.8 Å². The van der Waals surface area contributed by atoms with Crippen LogP contribution in [0.3, 0.4) is 0 Å². The van der Waals surface area contributed by atoms with E-state index in [1.54, 1.807) is 11.3 Å². The zero-order valence-electron chi connectivity index (χ0n) is 12.0. The van der Waals surface area contributed by atoms with Crippen molar-refractivity contribution in [2.24, 2.45) is 0 Å². The fraction of sp³-hybridized carbons (Fsp3) is 0.786. The van der Waals surface area contributed by atoms with Gasteiger partial charge >= 0.3 is 0 Å². The summed E-state index contributed by atoms with van der Waals surface area (Å²) in [6.45, 7) is 4.30. The number of aromatic nitrogens is 1.